The van der Waals surface area contributed by atoms with E-state index in [9.17, 15) is 14.4 Å². The van der Waals surface area contributed by atoms with Crippen LogP contribution in [0.4, 0.5) is 0 Å². The van der Waals surface area contributed by atoms with Crippen molar-refractivity contribution in [2.75, 3.05) is 0 Å². The fourth-order valence-electron chi connectivity index (χ4n) is 4.06. The number of ether oxygens (including phenoxy) is 4. The van der Waals surface area contributed by atoms with E-state index < -0.39 is 17.9 Å². The Morgan fingerprint density at radius 2 is 0.786 bits per heavy atom. The average molecular weight is 559 g/mol. The maximum atomic E-state index is 13.2. The minimum atomic E-state index is -0.810. The molecule has 0 heterocycles. The van der Waals surface area contributed by atoms with Crippen molar-refractivity contribution in [2.24, 2.45) is 0 Å². The van der Waals surface area contributed by atoms with Crippen LogP contribution in [0.2, 0.25) is 0 Å². The van der Waals surface area contributed by atoms with Crippen molar-refractivity contribution >= 4 is 17.9 Å². The van der Waals surface area contributed by atoms with E-state index in [-0.39, 0.29) is 41.4 Å². The van der Waals surface area contributed by atoms with Gasteiger partial charge in [-0.15, -0.1) is 0 Å². The van der Waals surface area contributed by atoms with Gasteiger partial charge in [-0.1, -0.05) is 97.1 Å². The summed E-state index contributed by atoms with van der Waals surface area (Å²) in [5, 5.41) is 0. The van der Waals surface area contributed by atoms with E-state index in [0.717, 1.165) is 11.1 Å². The molecule has 0 N–H and O–H groups in total. The molecule has 0 saturated heterocycles. The molecule has 0 aromatic heterocycles. The van der Waals surface area contributed by atoms with Crippen LogP contribution in [0.1, 0.15) is 42.2 Å². The van der Waals surface area contributed by atoms with Crippen molar-refractivity contribution < 1.29 is 33.3 Å². The summed E-state index contributed by atoms with van der Waals surface area (Å²) in [6.07, 6.45) is 0. The summed E-state index contributed by atoms with van der Waals surface area (Å²) in [4.78, 5) is 39.2. The number of para-hydroxylation sites is 3. The summed E-state index contributed by atoms with van der Waals surface area (Å²) in [5.41, 5.74) is 2.05. The monoisotopic (exact) mass is 558 g/mol. The second-order valence-electron chi connectivity index (χ2n) is 9.10. The maximum Gasteiger partial charge on any atom is 0.347 e. The molecule has 0 radical (unpaired) electrons. The Bertz CT molecular complexity index is 1680. The topological polar surface area (TPSA) is 88.1 Å². The highest BCUT2D eigenvalue weighted by Crippen LogP contribution is 2.27. The molecule has 5 aromatic rings. The molecule has 5 aromatic carbocycles. The highest BCUT2D eigenvalue weighted by Gasteiger charge is 2.22. The van der Waals surface area contributed by atoms with Crippen molar-refractivity contribution in [3.8, 4) is 17.2 Å². The molecular formula is C35H26O7. The number of hydrogen-bond donors (Lipinski definition) is 0. The summed E-state index contributed by atoms with van der Waals surface area (Å²) in [7, 11) is 0. The van der Waals surface area contributed by atoms with Crippen LogP contribution < -0.4 is 14.2 Å². The molecule has 0 aliphatic rings. The van der Waals surface area contributed by atoms with Crippen LogP contribution >= 0.6 is 0 Å². The second kappa shape index (κ2) is 13.6. The van der Waals surface area contributed by atoms with Crippen LogP contribution in [0.25, 0.3) is 0 Å². The van der Waals surface area contributed by atoms with Crippen molar-refractivity contribution in [1.82, 2.24) is 0 Å². The third kappa shape index (κ3) is 7.08. The molecule has 0 fully saturated rings. The van der Waals surface area contributed by atoms with Crippen LogP contribution in [0.3, 0.4) is 0 Å². The quantitative estimate of drug-likeness (QED) is 0.134. The van der Waals surface area contributed by atoms with Crippen molar-refractivity contribution in [2.45, 2.75) is 13.2 Å². The molecule has 5 rings (SSSR count). The number of esters is 3. The Hall–Kier alpha value is -5.69. The van der Waals surface area contributed by atoms with E-state index in [4.69, 9.17) is 18.9 Å². The van der Waals surface area contributed by atoms with Gasteiger partial charge in [0, 0.05) is 0 Å². The maximum absolute atomic E-state index is 13.2. The molecule has 0 amide bonds. The van der Waals surface area contributed by atoms with Crippen molar-refractivity contribution in [1.29, 1.82) is 0 Å². The SMILES string of the molecule is O=C(Oc1ccccc1C(=O)Oc1ccccc1C(=O)OCc1ccccc1)c1ccccc1OCc1ccccc1. The fraction of sp³-hybridized carbons (Fsp3) is 0.0571. The first-order valence-corrected chi connectivity index (χ1v) is 13.2. The zero-order valence-electron chi connectivity index (χ0n) is 22.5. The van der Waals surface area contributed by atoms with Gasteiger partial charge in [-0.05, 0) is 47.5 Å². The number of carbonyl (C=O) groups is 3. The second-order valence-corrected chi connectivity index (χ2v) is 9.10. The lowest BCUT2D eigenvalue weighted by Crippen LogP contribution is -2.16. The number of rotatable bonds is 10. The molecule has 208 valence electrons. The third-order valence-corrected chi connectivity index (χ3v) is 6.18. The first-order chi connectivity index (χ1) is 20.6. The summed E-state index contributed by atoms with van der Waals surface area (Å²) < 4.78 is 22.5. The lowest BCUT2D eigenvalue weighted by molar-refractivity contribution is 0.0467. The van der Waals surface area contributed by atoms with Gasteiger partial charge in [-0.3, -0.25) is 0 Å². The Morgan fingerprint density at radius 1 is 0.405 bits per heavy atom. The highest BCUT2D eigenvalue weighted by molar-refractivity contribution is 5.99. The predicted molar refractivity (Wildman–Crippen MR) is 156 cm³/mol. The van der Waals surface area contributed by atoms with Crippen LogP contribution in [0.15, 0.2) is 133 Å². The molecule has 7 heteroatoms. The fourth-order valence-corrected chi connectivity index (χ4v) is 4.06. The van der Waals surface area contributed by atoms with Gasteiger partial charge in [-0.25, -0.2) is 14.4 Å². The molecule has 0 aliphatic heterocycles. The zero-order valence-corrected chi connectivity index (χ0v) is 22.5. The van der Waals surface area contributed by atoms with E-state index in [0.29, 0.717) is 5.75 Å². The lowest BCUT2D eigenvalue weighted by atomic mass is 10.1. The smallest absolute Gasteiger partial charge is 0.347 e. The van der Waals surface area contributed by atoms with Gasteiger partial charge >= 0.3 is 17.9 Å². The Balaban J connectivity index is 1.29. The van der Waals surface area contributed by atoms with E-state index in [1.165, 1.54) is 24.3 Å². The minimum absolute atomic E-state index is 0.000918. The lowest BCUT2D eigenvalue weighted by Gasteiger charge is -2.14. The normalized spacial score (nSPS) is 10.4. The van der Waals surface area contributed by atoms with E-state index in [1.807, 2.05) is 60.7 Å². The van der Waals surface area contributed by atoms with Gasteiger partial charge in [-0.2, -0.15) is 0 Å². The number of benzene rings is 5. The molecule has 0 aliphatic carbocycles. The molecule has 0 bridgehead atoms. The van der Waals surface area contributed by atoms with Gasteiger partial charge in [0.15, 0.2) is 0 Å². The molecule has 0 unspecified atom stereocenters. The minimum Gasteiger partial charge on any atom is -0.488 e. The molecular weight excluding hydrogens is 532 g/mol. The molecule has 0 atom stereocenters. The summed E-state index contributed by atoms with van der Waals surface area (Å²) in [6.45, 7) is 0.332. The Morgan fingerprint density at radius 3 is 1.31 bits per heavy atom. The Labute approximate surface area is 242 Å². The molecule has 42 heavy (non-hydrogen) atoms. The standard InChI is InChI=1S/C35H26O7/c36-33(40-24-26-15-5-2-6-16-26)28-18-8-11-21-31(28)41-35(38)29-19-9-12-22-32(29)42-34(37)27-17-7-10-20-30(27)39-23-25-13-3-1-4-14-25/h1-22H,23-24H2. The van der Waals surface area contributed by atoms with Gasteiger partial charge in [0.1, 0.15) is 47.2 Å². The predicted octanol–water partition coefficient (Wildman–Crippen LogP) is 7.06. The zero-order chi connectivity index (χ0) is 29.1. The average Bonchev–Trinajstić information content (AvgIpc) is 3.04. The van der Waals surface area contributed by atoms with Gasteiger partial charge in [0.2, 0.25) is 0 Å². The largest absolute Gasteiger partial charge is 0.488 e. The first kappa shape index (κ1) is 27.9. The van der Waals surface area contributed by atoms with Crippen LogP contribution in [0, 0.1) is 0 Å². The first-order valence-electron chi connectivity index (χ1n) is 13.2. The van der Waals surface area contributed by atoms with Crippen LogP contribution in [0.5, 0.6) is 17.2 Å². The Kier molecular flexibility index (Phi) is 9.01. The number of carbonyl (C=O) groups excluding carboxylic acids is 3. The van der Waals surface area contributed by atoms with Crippen LogP contribution in [-0.4, -0.2) is 17.9 Å². The summed E-state index contributed by atoms with van der Waals surface area (Å²) >= 11 is 0. The van der Waals surface area contributed by atoms with Crippen molar-refractivity contribution in [3.05, 3.63) is 161 Å². The molecule has 0 saturated carbocycles. The highest BCUT2D eigenvalue weighted by atomic mass is 16.6. The van der Waals surface area contributed by atoms with E-state index >= 15 is 0 Å². The van der Waals surface area contributed by atoms with E-state index in [2.05, 4.69) is 0 Å². The number of hydrogen-bond acceptors (Lipinski definition) is 7. The van der Waals surface area contributed by atoms with Gasteiger partial charge in [0.05, 0.1) is 0 Å². The van der Waals surface area contributed by atoms with Crippen LogP contribution in [-0.2, 0) is 18.0 Å². The third-order valence-electron chi connectivity index (χ3n) is 6.18. The van der Waals surface area contributed by atoms with E-state index in [1.54, 1.807) is 48.5 Å². The molecule has 7 nitrogen and oxygen atoms in total. The van der Waals surface area contributed by atoms with Crippen molar-refractivity contribution in [3.63, 3.8) is 0 Å². The van der Waals surface area contributed by atoms with Gasteiger partial charge in [0.25, 0.3) is 0 Å². The summed E-state index contributed by atoms with van der Waals surface area (Å²) in [6, 6.07) is 38.0. The van der Waals surface area contributed by atoms with Gasteiger partial charge < -0.3 is 18.9 Å². The summed E-state index contributed by atoms with van der Waals surface area (Å²) in [5.74, 6) is -1.81. The molecule has 0 spiro atoms.